The highest BCUT2D eigenvalue weighted by molar-refractivity contribution is 5.97. The summed E-state index contributed by atoms with van der Waals surface area (Å²) in [5.74, 6) is 1.28. The van der Waals surface area contributed by atoms with E-state index in [1.54, 1.807) is 17.9 Å². The van der Waals surface area contributed by atoms with Gasteiger partial charge in [-0.05, 0) is 49.2 Å². The van der Waals surface area contributed by atoms with Gasteiger partial charge in [0.05, 0.1) is 12.8 Å². The van der Waals surface area contributed by atoms with E-state index in [4.69, 9.17) is 4.74 Å². The van der Waals surface area contributed by atoms with Gasteiger partial charge in [-0.1, -0.05) is 18.2 Å². The number of carbonyl (C=O) groups is 2. The lowest BCUT2D eigenvalue weighted by Gasteiger charge is -2.35. The zero-order valence-electron chi connectivity index (χ0n) is 18.6. The van der Waals surface area contributed by atoms with Crippen molar-refractivity contribution in [2.75, 3.05) is 43.5 Å². The molecule has 170 valence electrons. The van der Waals surface area contributed by atoms with E-state index in [0.717, 1.165) is 43.1 Å². The molecule has 1 saturated heterocycles. The number of nitrogens with one attached hydrogen (secondary N) is 1. The average Bonchev–Trinajstić information content (AvgIpc) is 3.65. The summed E-state index contributed by atoms with van der Waals surface area (Å²) in [5, 5.41) is 7.53. The van der Waals surface area contributed by atoms with Crippen molar-refractivity contribution in [3.8, 4) is 11.4 Å². The number of carbonyl (C=O) groups excluding carboxylic acids is 2. The van der Waals surface area contributed by atoms with Crippen LogP contribution in [0.2, 0.25) is 0 Å². The molecule has 2 amide bonds. The van der Waals surface area contributed by atoms with Gasteiger partial charge in [0.1, 0.15) is 11.6 Å². The number of anilines is 2. The molecule has 2 aliphatic rings. The summed E-state index contributed by atoms with van der Waals surface area (Å²) < 4.78 is 6.87. The molecule has 2 fully saturated rings. The second-order valence-electron chi connectivity index (χ2n) is 8.40. The Morgan fingerprint density at radius 1 is 0.939 bits per heavy atom. The average molecular weight is 446 g/mol. The van der Waals surface area contributed by atoms with Crippen LogP contribution < -0.4 is 15.0 Å². The van der Waals surface area contributed by atoms with E-state index in [1.165, 1.54) is 0 Å². The Hall–Kier alpha value is -3.81. The van der Waals surface area contributed by atoms with E-state index in [1.807, 2.05) is 59.5 Å². The molecule has 2 heterocycles. The van der Waals surface area contributed by atoms with E-state index in [0.29, 0.717) is 24.6 Å². The Balaban J connectivity index is 1.31. The zero-order chi connectivity index (χ0) is 22.8. The normalized spacial score (nSPS) is 15.9. The molecule has 1 saturated carbocycles. The Morgan fingerprint density at radius 3 is 2.27 bits per heavy atom. The minimum atomic E-state index is -0.124. The molecule has 0 atom stereocenters. The predicted molar refractivity (Wildman–Crippen MR) is 126 cm³/mol. The van der Waals surface area contributed by atoms with Gasteiger partial charge < -0.3 is 19.9 Å². The SMILES string of the molecule is COc1ccc(N2CCN(C(=O)c3cc(NC(=O)C4CC4)n(-c4ccccc4)n3)CC2)cc1. The largest absolute Gasteiger partial charge is 0.497 e. The number of rotatable bonds is 6. The highest BCUT2D eigenvalue weighted by atomic mass is 16.5. The Labute approximate surface area is 192 Å². The van der Waals surface area contributed by atoms with Gasteiger partial charge in [-0.2, -0.15) is 5.10 Å². The molecular formula is C25H27N5O3. The first kappa shape index (κ1) is 21.1. The molecule has 1 N–H and O–H groups in total. The van der Waals surface area contributed by atoms with Crippen LogP contribution in [-0.4, -0.2) is 59.8 Å². The van der Waals surface area contributed by atoms with E-state index < -0.39 is 0 Å². The van der Waals surface area contributed by atoms with Crippen LogP contribution in [0.15, 0.2) is 60.7 Å². The van der Waals surface area contributed by atoms with Crippen molar-refractivity contribution in [3.63, 3.8) is 0 Å². The van der Waals surface area contributed by atoms with Crippen molar-refractivity contribution in [2.45, 2.75) is 12.8 Å². The number of piperazine rings is 1. The predicted octanol–water partition coefficient (Wildman–Crippen LogP) is 3.19. The molecule has 0 bridgehead atoms. The van der Waals surface area contributed by atoms with Gasteiger partial charge >= 0.3 is 0 Å². The lowest BCUT2D eigenvalue weighted by atomic mass is 10.2. The van der Waals surface area contributed by atoms with E-state index in [-0.39, 0.29) is 17.7 Å². The van der Waals surface area contributed by atoms with Gasteiger partial charge in [0, 0.05) is 43.9 Å². The van der Waals surface area contributed by atoms with Crippen molar-refractivity contribution >= 4 is 23.3 Å². The van der Waals surface area contributed by atoms with Gasteiger partial charge in [-0.25, -0.2) is 4.68 Å². The molecule has 5 rings (SSSR count). The molecule has 2 aromatic carbocycles. The maximum absolute atomic E-state index is 13.3. The van der Waals surface area contributed by atoms with Crippen LogP contribution >= 0.6 is 0 Å². The van der Waals surface area contributed by atoms with Crippen LogP contribution in [0.5, 0.6) is 5.75 Å². The van der Waals surface area contributed by atoms with Crippen molar-refractivity contribution in [1.82, 2.24) is 14.7 Å². The number of aromatic nitrogens is 2. The maximum Gasteiger partial charge on any atom is 0.274 e. The van der Waals surface area contributed by atoms with Crippen molar-refractivity contribution in [2.24, 2.45) is 5.92 Å². The molecule has 1 aromatic heterocycles. The fourth-order valence-corrected chi connectivity index (χ4v) is 4.04. The van der Waals surface area contributed by atoms with Gasteiger partial charge in [-0.15, -0.1) is 0 Å². The molecule has 8 nitrogen and oxygen atoms in total. The minimum absolute atomic E-state index is 0.0146. The Bertz CT molecular complexity index is 1130. The van der Waals surface area contributed by atoms with E-state index in [9.17, 15) is 9.59 Å². The third-order valence-corrected chi connectivity index (χ3v) is 6.13. The smallest absolute Gasteiger partial charge is 0.274 e. The first-order chi connectivity index (χ1) is 16.1. The molecular weight excluding hydrogens is 418 g/mol. The maximum atomic E-state index is 13.3. The van der Waals surface area contributed by atoms with Crippen molar-refractivity contribution < 1.29 is 14.3 Å². The zero-order valence-corrected chi connectivity index (χ0v) is 18.6. The van der Waals surface area contributed by atoms with Gasteiger partial charge in [0.15, 0.2) is 5.69 Å². The molecule has 8 heteroatoms. The van der Waals surface area contributed by atoms with Gasteiger partial charge in [0.2, 0.25) is 5.91 Å². The number of ether oxygens (including phenoxy) is 1. The van der Waals surface area contributed by atoms with Crippen LogP contribution in [0.4, 0.5) is 11.5 Å². The van der Waals surface area contributed by atoms with Crippen molar-refractivity contribution in [1.29, 1.82) is 0 Å². The first-order valence-corrected chi connectivity index (χ1v) is 11.3. The lowest BCUT2D eigenvalue weighted by Crippen LogP contribution is -2.48. The molecule has 0 radical (unpaired) electrons. The first-order valence-electron chi connectivity index (χ1n) is 11.3. The summed E-state index contributed by atoms with van der Waals surface area (Å²) in [5.41, 5.74) is 2.25. The lowest BCUT2D eigenvalue weighted by molar-refractivity contribution is -0.117. The summed E-state index contributed by atoms with van der Waals surface area (Å²) in [6.45, 7) is 2.69. The fourth-order valence-electron chi connectivity index (χ4n) is 4.04. The fraction of sp³-hybridized carbons (Fsp3) is 0.320. The highest BCUT2D eigenvalue weighted by Gasteiger charge is 2.31. The summed E-state index contributed by atoms with van der Waals surface area (Å²) in [7, 11) is 1.65. The van der Waals surface area contributed by atoms with Crippen LogP contribution in [0, 0.1) is 5.92 Å². The number of benzene rings is 2. The number of amides is 2. The van der Waals surface area contributed by atoms with Crippen LogP contribution in [0.25, 0.3) is 5.69 Å². The Kier molecular flexibility index (Phi) is 5.73. The molecule has 1 aliphatic carbocycles. The molecule has 33 heavy (non-hydrogen) atoms. The topological polar surface area (TPSA) is 79.7 Å². The van der Waals surface area contributed by atoms with Gasteiger partial charge in [-0.3, -0.25) is 9.59 Å². The summed E-state index contributed by atoms with van der Waals surface area (Å²) in [6, 6.07) is 19.2. The highest BCUT2D eigenvalue weighted by Crippen LogP contribution is 2.31. The quantitative estimate of drug-likeness (QED) is 0.630. The minimum Gasteiger partial charge on any atom is -0.497 e. The number of nitrogens with zero attached hydrogens (tertiary/aromatic N) is 4. The van der Waals surface area contributed by atoms with E-state index in [2.05, 4.69) is 15.3 Å². The molecule has 0 spiro atoms. The number of hydrogen-bond acceptors (Lipinski definition) is 5. The number of para-hydroxylation sites is 1. The van der Waals surface area contributed by atoms with Crippen LogP contribution in [-0.2, 0) is 4.79 Å². The summed E-state index contributed by atoms with van der Waals surface area (Å²) >= 11 is 0. The molecule has 1 aliphatic heterocycles. The third-order valence-electron chi connectivity index (χ3n) is 6.13. The van der Waals surface area contributed by atoms with Crippen molar-refractivity contribution in [3.05, 3.63) is 66.4 Å². The molecule has 0 unspecified atom stereocenters. The Morgan fingerprint density at radius 2 is 1.64 bits per heavy atom. The standard InChI is InChI=1S/C25H27N5O3/c1-33-21-11-9-19(10-12-21)28-13-15-29(16-14-28)25(32)22-17-23(26-24(31)18-7-8-18)30(27-22)20-5-3-2-4-6-20/h2-6,9-12,17-18H,7-8,13-16H2,1H3,(H,26,31). The van der Waals surface area contributed by atoms with E-state index >= 15 is 0 Å². The number of hydrogen-bond donors (Lipinski definition) is 1. The molecule has 3 aromatic rings. The number of methoxy groups -OCH3 is 1. The summed E-state index contributed by atoms with van der Waals surface area (Å²) in [4.78, 5) is 29.7. The van der Waals surface area contributed by atoms with Gasteiger partial charge in [0.25, 0.3) is 5.91 Å². The monoisotopic (exact) mass is 445 g/mol. The summed E-state index contributed by atoms with van der Waals surface area (Å²) in [6.07, 6.45) is 1.82. The third kappa shape index (κ3) is 4.55. The van der Waals surface area contributed by atoms with Crippen LogP contribution in [0.3, 0.4) is 0 Å². The second kappa shape index (κ2) is 8.97. The second-order valence-corrected chi connectivity index (χ2v) is 8.40. The van der Waals surface area contributed by atoms with Crippen LogP contribution in [0.1, 0.15) is 23.3 Å².